The first-order valence-corrected chi connectivity index (χ1v) is 5.27. The van der Waals surface area contributed by atoms with Crippen LogP contribution in [-0.2, 0) is 32.7 Å². The molecule has 2 nitrogen and oxygen atoms in total. The molecule has 3 heteroatoms. The number of hydrogen-bond donors (Lipinski definition) is 0. The normalized spacial score (nSPS) is 9.59. The molecule has 0 atom stereocenters. The van der Waals surface area contributed by atoms with Crippen LogP contribution in [0, 0.1) is 27.0 Å². The van der Waals surface area contributed by atoms with E-state index in [0.29, 0.717) is 5.88 Å². The van der Waals surface area contributed by atoms with E-state index >= 15 is 0 Å². The molecule has 0 radical (unpaired) electrons. The van der Waals surface area contributed by atoms with Crippen molar-refractivity contribution in [3.05, 3.63) is 53.2 Å². The summed E-state index contributed by atoms with van der Waals surface area (Å²) in [5, 5.41) is 0. The second-order valence-electron chi connectivity index (χ2n) is 3.82. The monoisotopic (exact) mass is 301 g/mol. The minimum absolute atomic E-state index is 0. The van der Waals surface area contributed by atoms with Gasteiger partial charge in [-0.1, -0.05) is 50.7 Å². The zero-order valence-electron chi connectivity index (χ0n) is 10.3. The van der Waals surface area contributed by atoms with E-state index in [1.165, 1.54) is 5.56 Å². The first-order valence-electron chi connectivity index (χ1n) is 5.27. The average molecular weight is 301 g/mol. The van der Waals surface area contributed by atoms with E-state index in [-0.39, 0.29) is 32.7 Å². The summed E-state index contributed by atoms with van der Waals surface area (Å²) in [6.07, 6.45) is 2.95. The predicted molar refractivity (Wildman–Crippen MR) is 63.8 cm³/mol. The van der Waals surface area contributed by atoms with Gasteiger partial charge in [0.05, 0.1) is 0 Å². The van der Waals surface area contributed by atoms with Crippen LogP contribution in [0.1, 0.15) is 16.7 Å². The first kappa shape index (κ1) is 14.3. The van der Waals surface area contributed by atoms with Crippen LogP contribution in [-0.4, -0.2) is 4.98 Å². The molecule has 0 aliphatic carbocycles. The summed E-state index contributed by atoms with van der Waals surface area (Å²) in [6, 6.07) is 9.66. The molecule has 2 rings (SSSR count). The molecule has 0 saturated heterocycles. The third-order valence-electron chi connectivity index (χ3n) is 2.73. The van der Waals surface area contributed by atoms with Crippen LogP contribution in [0.25, 0.3) is 0 Å². The molecular weight excluding hydrogens is 287 g/mol. The number of nitrogens with zero attached hydrogens (tertiary/aromatic N) is 1. The maximum Gasteiger partial charge on any atom is 3.00 e. The molecule has 0 spiro atoms. The van der Waals surface area contributed by atoms with Gasteiger partial charge in [-0.3, -0.25) is 0 Å². The molecule has 0 aliphatic heterocycles. The Morgan fingerprint density at radius 2 is 1.65 bits per heavy atom. The van der Waals surface area contributed by atoms with Crippen LogP contribution in [0.2, 0.25) is 0 Å². The second-order valence-corrected chi connectivity index (χ2v) is 3.82. The minimum Gasteiger partial charge on any atom is -0.499 e. The smallest absolute Gasteiger partial charge is 0.499 e. The summed E-state index contributed by atoms with van der Waals surface area (Å²) in [5.41, 5.74) is 3.32. The van der Waals surface area contributed by atoms with E-state index in [0.717, 1.165) is 16.9 Å². The summed E-state index contributed by atoms with van der Waals surface area (Å²) in [7, 11) is 0. The number of hydrogen-bond acceptors (Lipinski definition) is 2. The maximum atomic E-state index is 5.70. The zero-order chi connectivity index (χ0) is 11.5. The van der Waals surface area contributed by atoms with Gasteiger partial charge in [0, 0.05) is 0 Å². The number of benzene rings is 1. The number of ether oxygens (including phenoxy) is 1. The Morgan fingerprint density at radius 1 is 1.00 bits per heavy atom. The Bertz CT molecular complexity index is 497. The van der Waals surface area contributed by atoms with Crippen LogP contribution < -0.4 is 4.74 Å². The average Bonchev–Trinajstić information content (AvgIpc) is 2.31. The van der Waals surface area contributed by atoms with Gasteiger partial charge in [0.15, 0.2) is 0 Å². The first-order chi connectivity index (χ1) is 7.68. The molecule has 0 N–H and O–H groups in total. The summed E-state index contributed by atoms with van der Waals surface area (Å²) < 4.78 is 5.70. The fourth-order valence-corrected chi connectivity index (χ4v) is 1.44. The van der Waals surface area contributed by atoms with Crippen molar-refractivity contribution in [3.63, 3.8) is 0 Å². The van der Waals surface area contributed by atoms with Crippen molar-refractivity contribution in [3.8, 4) is 11.6 Å². The van der Waals surface area contributed by atoms with Gasteiger partial charge in [-0.05, 0) is 12.1 Å². The molecule has 0 bridgehead atoms. The molecule has 0 aliphatic rings. The zero-order valence-corrected chi connectivity index (χ0v) is 13.2. The Labute approximate surface area is 127 Å². The molecule has 1 heterocycles. The fourth-order valence-electron chi connectivity index (χ4n) is 1.44. The molecule has 1 aromatic heterocycles. The summed E-state index contributed by atoms with van der Waals surface area (Å²) in [4.78, 5) is 4.19. The van der Waals surface area contributed by atoms with E-state index in [1.54, 1.807) is 0 Å². The molecule has 0 unspecified atom stereocenters. The van der Waals surface area contributed by atoms with E-state index in [9.17, 15) is 0 Å². The van der Waals surface area contributed by atoms with Gasteiger partial charge in [-0.15, -0.1) is 11.1 Å². The predicted octanol–water partition coefficient (Wildman–Crippen LogP) is 3.60. The van der Waals surface area contributed by atoms with Crippen molar-refractivity contribution in [2.75, 3.05) is 0 Å². The van der Waals surface area contributed by atoms with E-state index < -0.39 is 0 Å². The van der Waals surface area contributed by atoms with Crippen molar-refractivity contribution in [1.82, 2.24) is 4.98 Å². The van der Waals surface area contributed by atoms with E-state index in [2.05, 4.69) is 18.1 Å². The van der Waals surface area contributed by atoms with Crippen molar-refractivity contribution in [2.24, 2.45) is 0 Å². The van der Waals surface area contributed by atoms with Crippen LogP contribution in [0.15, 0.2) is 30.3 Å². The van der Waals surface area contributed by atoms with Gasteiger partial charge in [0.2, 0.25) is 0 Å². The largest absolute Gasteiger partial charge is 3.00 e. The number of pyridine rings is 1. The molecule has 82 valence electrons. The van der Waals surface area contributed by atoms with Gasteiger partial charge < -0.3 is 9.72 Å². The van der Waals surface area contributed by atoms with E-state index in [4.69, 9.17) is 4.74 Å². The standard InChI is InChI=1S/C14H14NO.Y/c1-10-9-15-14(12(3)11(10)2)16-13-7-5-4-6-8-13;/h4-8H,1-3H3;/q-1;+3. The molecular formula is C14H14NOY+2. The minimum atomic E-state index is 0. The van der Waals surface area contributed by atoms with Gasteiger partial charge in [-0.2, -0.15) is 0 Å². The summed E-state index contributed by atoms with van der Waals surface area (Å²) >= 11 is 0. The quantitative estimate of drug-likeness (QED) is 0.791. The number of aryl methyl sites for hydroxylation is 1. The summed E-state index contributed by atoms with van der Waals surface area (Å²) in [6.45, 7) is 6.07. The van der Waals surface area contributed by atoms with Crippen molar-refractivity contribution in [1.29, 1.82) is 0 Å². The Morgan fingerprint density at radius 3 is 2.29 bits per heavy atom. The summed E-state index contributed by atoms with van der Waals surface area (Å²) in [5.74, 6) is 1.43. The third kappa shape index (κ3) is 3.37. The molecule has 17 heavy (non-hydrogen) atoms. The van der Waals surface area contributed by atoms with Crippen LogP contribution in [0.5, 0.6) is 11.6 Å². The number of para-hydroxylation sites is 1. The SMILES string of the molecule is Cc1[c-]nc(Oc2ccccc2)c(C)c1C.[Y+3]. The Balaban J connectivity index is 0.00000144. The van der Waals surface area contributed by atoms with Crippen molar-refractivity contribution >= 4 is 0 Å². The Kier molecular flexibility index (Phi) is 5.29. The molecule has 1 aromatic carbocycles. The van der Waals surface area contributed by atoms with Gasteiger partial charge in [0.25, 0.3) is 0 Å². The van der Waals surface area contributed by atoms with E-state index in [1.807, 2.05) is 44.2 Å². The van der Waals surface area contributed by atoms with Crippen LogP contribution in [0.3, 0.4) is 0 Å². The topological polar surface area (TPSA) is 22.1 Å². The van der Waals surface area contributed by atoms with Gasteiger partial charge in [-0.25, -0.2) is 0 Å². The third-order valence-corrected chi connectivity index (χ3v) is 2.73. The van der Waals surface area contributed by atoms with Crippen LogP contribution >= 0.6 is 0 Å². The molecule has 0 fully saturated rings. The number of rotatable bonds is 2. The maximum absolute atomic E-state index is 5.70. The fraction of sp³-hybridized carbons (Fsp3) is 0.214. The van der Waals surface area contributed by atoms with Gasteiger partial charge >= 0.3 is 32.7 Å². The molecule has 0 amide bonds. The van der Waals surface area contributed by atoms with Crippen LogP contribution in [0.4, 0.5) is 0 Å². The number of aromatic nitrogens is 1. The Hall–Kier alpha value is -0.726. The van der Waals surface area contributed by atoms with Crippen molar-refractivity contribution < 1.29 is 37.4 Å². The molecule has 2 aromatic rings. The molecule has 0 saturated carbocycles. The second kappa shape index (κ2) is 6.27. The van der Waals surface area contributed by atoms with Crippen molar-refractivity contribution in [2.45, 2.75) is 20.8 Å². The van der Waals surface area contributed by atoms with Gasteiger partial charge in [0.1, 0.15) is 11.6 Å².